The number of nitro benzene ring substituents is 1. The highest BCUT2D eigenvalue weighted by molar-refractivity contribution is 8.18. The Bertz CT molecular complexity index is 1760. The molecule has 0 N–H and O–H groups in total. The highest BCUT2D eigenvalue weighted by Gasteiger charge is 2.34. The normalized spacial score (nSPS) is 14.6. The summed E-state index contributed by atoms with van der Waals surface area (Å²) in [6, 6.07) is 23.8. The predicted molar refractivity (Wildman–Crippen MR) is 149 cm³/mol. The van der Waals surface area contributed by atoms with Crippen LogP contribution in [0.25, 0.3) is 16.8 Å². The van der Waals surface area contributed by atoms with Crippen molar-refractivity contribution < 1.29 is 31.9 Å². The third-order valence-corrected chi connectivity index (χ3v) is 8.05. The second-order valence-electron chi connectivity index (χ2n) is 8.52. The van der Waals surface area contributed by atoms with Gasteiger partial charge in [0.25, 0.3) is 16.8 Å². The topological polar surface area (TPSA) is 133 Å². The number of hydrogen-bond acceptors (Lipinski definition) is 9. The van der Waals surface area contributed by atoms with Gasteiger partial charge in [0.1, 0.15) is 23.0 Å². The summed E-state index contributed by atoms with van der Waals surface area (Å²) in [6.45, 7) is 0.206. The van der Waals surface area contributed by atoms with Crippen molar-refractivity contribution in [3.05, 3.63) is 112 Å². The number of non-ortho nitro benzene ring substituents is 1. The SMILES string of the molecule is O=C1S/C(=C\c2ccc(OS(=O)(=O)c3cccc([N+](=O)[O-])c3)cc2)C(=O)N1CCOc1cccc2ccccc12. The van der Waals surface area contributed by atoms with Crippen LogP contribution in [-0.2, 0) is 14.9 Å². The molecule has 0 bridgehead atoms. The van der Waals surface area contributed by atoms with Gasteiger partial charge in [-0.15, -0.1) is 0 Å². The highest BCUT2D eigenvalue weighted by Crippen LogP contribution is 2.33. The van der Waals surface area contributed by atoms with Gasteiger partial charge in [0, 0.05) is 17.5 Å². The first-order valence-electron chi connectivity index (χ1n) is 11.9. The second-order valence-corrected chi connectivity index (χ2v) is 11.1. The van der Waals surface area contributed by atoms with Gasteiger partial charge in [0.05, 0.1) is 16.4 Å². The quantitative estimate of drug-likeness (QED) is 0.108. The van der Waals surface area contributed by atoms with E-state index in [0.29, 0.717) is 11.3 Å². The molecule has 1 aliphatic heterocycles. The highest BCUT2D eigenvalue weighted by atomic mass is 32.2. The van der Waals surface area contributed by atoms with E-state index in [0.717, 1.165) is 33.5 Å². The van der Waals surface area contributed by atoms with Crippen LogP contribution in [-0.4, -0.2) is 42.5 Å². The molecular formula is C28H20N2O8S2. The first-order valence-corrected chi connectivity index (χ1v) is 14.1. The number of nitrogens with zero attached hydrogens (tertiary/aromatic N) is 2. The summed E-state index contributed by atoms with van der Waals surface area (Å²) in [5.41, 5.74) is 0.159. The summed E-state index contributed by atoms with van der Waals surface area (Å²) in [4.78, 5) is 36.6. The van der Waals surface area contributed by atoms with Crippen LogP contribution in [0, 0.1) is 10.1 Å². The fourth-order valence-corrected chi connectivity index (χ4v) is 5.80. The average molecular weight is 577 g/mol. The van der Waals surface area contributed by atoms with Crippen molar-refractivity contribution in [1.29, 1.82) is 0 Å². The number of ether oxygens (including phenoxy) is 1. The monoisotopic (exact) mass is 576 g/mol. The molecule has 4 aromatic rings. The number of imide groups is 1. The van der Waals surface area contributed by atoms with Crippen molar-refractivity contribution in [2.75, 3.05) is 13.2 Å². The number of nitro groups is 1. The van der Waals surface area contributed by atoms with E-state index >= 15 is 0 Å². The zero-order chi connectivity index (χ0) is 28.3. The maximum atomic E-state index is 12.9. The van der Waals surface area contributed by atoms with E-state index in [-0.39, 0.29) is 34.4 Å². The third-order valence-electron chi connectivity index (χ3n) is 5.90. The van der Waals surface area contributed by atoms with E-state index in [1.54, 1.807) is 0 Å². The third kappa shape index (κ3) is 5.82. The summed E-state index contributed by atoms with van der Waals surface area (Å²) in [6.07, 6.45) is 1.52. The minimum atomic E-state index is -4.31. The molecule has 1 saturated heterocycles. The fraction of sp³-hybridized carbons (Fsp3) is 0.0714. The number of thioether (sulfide) groups is 1. The average Bonchev–Trinajstić information content (AvgIpc) is 3.21. The van der Waals surface area contributed by atoms with Crippen molar-refractivity contribution in [3.8, 4) is 11.5 Å². The number of fused-ring (bicyclic) bond motifs is 1. The first-order chi connectivity index (χ1) is 19.2. The van der Waals surface area contributed by atoms with Gasteiger partial charge in [-0.2, -0.15) is 8.42 Å². The fourth-order valence-electron chi connectivity index (χ4n) is 3.96. The first kappa shape index (κ1) is 26.9. The molecule has 1 fully saturated rings. The Hall–Kier alpha value is -4.68. The van der Waals surface area contributed by atoms with Crippen LogP contribution in [0.15, 0.2) is 101 Å². The van der Waals surface area contributed by atoms with Crippen LogP contribution in [0.4, 0.5) is 10.5 Å². The molecule has 0 aromatic heterocycles. The maximum absolute atomic E-state index is 12.9. The summed E-state index contributed by atoms with van der Waals surface area (Å²) in [7, 11) is -4.31. The number of carbonyl (C=O) groups is 2. The predicted octanol–water partition coefficient (Wildman–Crippen LogP) is 5.63. The largest absolute Gasteiger partial charge is 0.491 e. The molecule has 1 aliphatic rings. The number of benzene rings is 4. The molecule has 1 heterocycles. The Labute approximate surface area is 233 Å². The Morgan fingerprint density at radius 1 is 0.925 bits per heavy atom. The van der Waals surface area contributed by atoms with Crippen LogP contribution in [0.1, 0.15) is 5.56 Å². The molecule has 5 rings (SSSR count). The Morgan fingerprint density at radius 3 is 2.42 bits per heavy atom. The molecule has 12 heteroatoms. The van der Waals surface area contributed by atoms with Gasteiger partial charge < -0.3 is 8.92 Å². The Morgan fingerprint density at radius 2 is 1.65 bits per heavy atom. The van der Waals surface area contributed by atoms with E-state index in [4.69, 9.17) is 8.92 Å². The van der Waals surface area contributed by atoms with E-state index in [1.807, 2.05) is 42.5 Å². The molecule has 2 amide bonds. The van der Waals surface area contributed by atoms with Gasteiger partial charge in [0.15, 0.2) is 0 Å². The maximum Gasteiger partial charge on any atom is 0.339 e. The summed E-state index contributed by atoms with van der Waals surface area (Å²) in [5.74, 6) is 0.183. The van der Waals surface area contributed by atoms with Crippen molar-refractivity contribution in [1.82, 2.24) is 4.90 Å². The van der Waals surface area contributed by atoms with E-state index < -0.39 is 26.2 Å². The van der Waals surface area contributed by atoms with Gasteiger partial charge in [-0.1, -0.05) is 54.6 Å². The van der Waals surface area contributed by atoms with Crippen LogP contribution < -0.4 is 8.92 Å². The molecule has 10 nitrogen and oxygen atoms in total. The van der Waals surface area contributed by atoms with Gasteiger partial charge >= 0.3 is 10.1 Å². The van der Waals surface area contributed by atoms with Crippen molar-refractivity contribution in [2.24, 2.45) is 0 Å². The minimum Gasteiger partial charge on any atom is -0.491 e. The Kier molecular flexibility index (Phi) is 7.54. The smallest absolute Gasteiger partial charge is 0.339 e. The zero-order valence-corrected chi connectivity index (χ0v) is 22.3. The van der Waals surface area contributed by atoms with Gasteiger partial charge in [-0.3, -0.25) is 24.6 Å². The lowest BCUT2D eigenvalue weighted by Crippen LogP contribution is -2.32. The molecule has 0 spiro atoms. The molecule has 0 atom stereocenters. The van der Waals surface area contributed by atoms with Crippen molar-refractivity contribution >= 4 is 55.6 Å². The molecular weight excluding hydrogens is 556 g/mol. The molecule has 40 heavy (non-hydrogen) atoms. The van der Waals surface area contributed by atoms with Gasteiger partial charge in [0.2, 0.25) is 0 Å². The molecule has 0 aliphatic carbocycles. The van der Waals surface area contributed by atoms with E-state index in [2.05, 4.69) is 0 Å². The van der Waals surface area contributed by atoms with Gasteiger partial charge in [-0.25, -0.2) is 0 Å². The summed E-state index contributed by atoms with van der Waals surface area (Å²) in [5, 5.41) is 12.5. The summed E-state index contributed by atoms with van der Waals surface area (Å²) < 4.78 is 36.0. The minimum absolute atomic E-state index is 0.0256. The lowest BCUT2D eigenvalue weighted by atomic mass is 10.1. The molecule has 4 aromatic carbocycles. The van der Waals surface area contributed by atoms with E-state index in [9.17, 15) is 28.1 Å². The number of rotatable bonds is 9. The summed E-state index contributed by atoms with van der Waals surface area (Å²) >= 11 is 0.801. The molecule has 0 saturated carbocycles. The molecule has 202 valence electrons. The van der Waals surface area contributed by atoms with Crippen LogP contribution in [0.2, 0.25) is 0 Å². The van der Waals surface area contributed by atoms with Crippen LogP contribution in [0.5, 0.6) is 11.5 Å². The van der Waals surface area contributed by atoms with Gasteiger partial charge in [-0.05, 0) is 53.1 Å². The lowest BCUT2D eigenvalue weighted by molar-refractivity contribution is -0.385. The van der Waals surface area contributed by atoms with Crippen LogP contribution in [0.3, 0.4) is 0 Å². The standard InChI is InChI=1S/C28H20N2O8S2/c31-27-26(39-28(32)29(27)15-16-37-25-10-3-6-20-5-1-2-9-24(20)25)17-19-11-13-22(14-12-19)38-40(35,36)23-8-4-7-21(18-23)30(33)34/h1-14,17-18H,15-16H2/b26-17-. The molecule has 0 unspecified atom stereocenters. The zero-order valence-electron chi connectivity index (χ0n) is 20.6. The molecule has 0 radical (unpaired) electrons. The Balaban J connectivity index is 1.22. The number of hydrogen-bond donors (Lipinski definition) is 0. The second kappa shape index (κ2) is 11.2. The van der Waals surface area contributed by atoms with Crippen molar-refractivity contribution in [2.45, 2.75) is 4.90 Å². The number of carbonyl (C=O) groups excluding carboxylic acids is 2. The van der Waals surface area contributed by atoms with E-state index in [1.165, 1.54) is 48.5 Å². The van der Waals surface area contributed by atoms with Crippen molar-refractivity contribution in [3.63, 3.8) is 0 Å². The lowest BCUT2D eigenvalue weighted by Gasteiger charge is -2.14. The number of amides is 2. The van der Waals surface area contributed by atoms with Crippen LogP contribution >= 0.6 is 11.8 Å².